The van der Waals surface area contributed by atoms with Gasteiger partial charge in [-0.15, -0.1) is 0 Å². The number of nitrogens with zero attached hydrogens (tertiary/aromatic N) is 8. The zero-order valence-corrected chi connectivity index (χ0v) is 21.1. The van der Waals surface area contributed by atoms with Gasteiger partial charge in [0.2, 0.25) is 0 Å². The van der Waals surface area contributed by atoms with Gasteiger partial charge in [-0.3, -0.25) is 29.9 Å². The van der Waals surface area contributed by atoms with Gasteiger partial charge in [0.1, 0.15) is 0 Å². The van der Waals surface area contributed by atoms with Crippen molar-refractivity contribution in [2.75, 3.05) is 0 Å². The molecule has 0 fully saturated rings. The van der Waals surface area contributed by atoms with Crippen LogP contribution in [0.15, 0.2) is 133 Å². The predicted molar refractivity (Wildman–Crippen MR) is 154 cm³/mol. The summed E-state index contributed by atoms with van der Waals surface area (Å²) in [5.74, 6) is 0. The van der Waals surface area contributed by atoms with Crippen LogP contribution in [-0.2, 0) is 0 Å². The van der Waals surface area contributed by atoms with Crippen LogP contribution in [0.4, 0.5) is 11.4 Å². The van der Waals surface area contributed by atoms with Crippen molar-refractivity contribution >= 4 is 22.8 Å². The van der Waals surface area contributed by atoms with Crippen molar-refractivity contribution in [1.82, 2.24) is 29.9 Å². The van der Waals surface area contributed by atoms with E-state index in [1.165, 1.54) is 0 Å². The molecule has 0 unspecified atom stereocenters. The van der Waals surface area contributed by atoms with Crippen LogP contribution >= 0.6 is 0 Å². The van der Waals surface area contributed by atoms with E-state index < -0.39 is 0 Å². The lowest BCUT2D eigenvalue weighted by atomic mass is 9.98. The van der Waals surface area contributed by atoms with Gasteiger partial charge in [-0.2, -0.15) is 0 Å². The fourth-order valence-corrected chi connectivity index (χ4v) is 4.59. The van der Waals surface area contributed by atoms with Crippen LogP contribution in [-0.4, -0.2) is 41.3 Å². The lowest BCUT2D eigenvalue weighted by Gasteiger charge is -2.17. The molecule has 7 rings (SSSR count). The molecule has 0 aliphatic carbocycles. The maximum atomic E-state index is 5.12. The fourth-order valence-electron chi connectivity index (χ4n) is 4.59. The SMILES string of the molecule is c1cncc(-c2ccc(C3=Nc4cnccc4C(c4ccc(-c5cccnc5)nc4)=Nc4cnccc43)cn2)c1. The van der Waals surface area contributed by atoms with E-state index in [9.17, 15) is 0 Å². The summed E-state index contributed by atoms with van der Waals surface area (Å²) < 4.78 is 0. The predicted octanol–water partition coefficient (Wildman–Crippen LogP) is 6.04. The van der Waals surface area contributed by atoms with Crippen LogP contribution in [0.2, 0.25) is 0 Å². The average Bonchev–Trinajstić information content (AvgIpc) is 3.03. The minimum absolute atomic E-state index is 0.700. The van der Waals surface area contributed by atoms with Gasteiger partial charge < -0.3 is 0 Å². The van der Waals surface area contributed by atoms with Gasteiger partial charge in [0, 0.05) is 83.0 Å². The second kappa shape index (κ2) is 10.2. The monoisotopic (exact) mass is 516 g/mol. The smallest absolute Gasteiger partial charge is 0.0914 e. The maximum Gasteiger partial charge on any atom is 0.0914 e. The summed E-state index contributed by atoms with van der Waals surface area (Å²) in [6.07, 6.45) is 17.8. The van der Waals surface area contributed by atoms with E-state index >= 15 is 0 Å². The maximum absolute atomic E-state index is 5.12. The lowest BCUT2D eigenvalue weighted by Crippen LogP contribution is -2.11. The number of rotatable bonds is 4. The molecule has 0 radical (unpaired) electrons. The van der Waals surface area contributed by atoms with Crippen molar-refractivity contribution < 1.29 is 0 Å². The first-order chi connectivity index (χ1) is 19.8. The van der Waals surface area contributed by atoms with Crippen molar-refractivity contribution in [3.05, 3.63) is 145 Å². The summed E-state index contributed by atoms with van der Waals surface area (Å²) in [7, 11) is 0. The topological polar surface area (TPSA) is 102 Å². The third kappa shape index (κ3) is 4.43. The first-order valence-corrected chi connectivity index (χ1v) is 12.6. The quantitative estimate of drug-likeness (QED) is 0.283. The first kappa shape index (κ1) is 23.4. The van der Waals surface area contributed by atoms with E-state index in [4.69, 9.17) is 20.0 Å². The molecule has 0 amide bonds. The molecule has 0 saturated carbocycles. The Bertz CT molecular complexity index is 1720. The number of pyridine rings is 6. The number of hydrogen-bond donors (Lipinski definition) is 0. The van der Waals surface area contributed by atoms with Gasteiger partial charge in [-0.25, -0.2) is 9.98 Å². The van der Waals surface area contributed by atoms with Gasteiger partial charge >= 0.3 is 0 Å². The Kier molecular flexibility index (Phi) is 5.95. The highest BCUT2D eigenvalue weighted by atomic mass is 14.9. The normalized spacial score (nSPS) is 12.3. The Morgan fingerprint density at radius 1 is 0.375 bits per heavy atom. The molecule has 8 heteroatoms. The van der Waals surface area contributed by atoms with Crippen LogP contribution < -0.4 is 0 Å². The molecule has 0 bridgehead atoms. The molecule has 1 aliphatic rings. The molecule has 0 aromatic carbocycles. The number of fused-ring (bicyclic) bond motifs is 2. The summed E-state index contributed by atoms with van der Waals surface area (Å²) >= 11 is 0. The summed E-state index contributed by atoms with van der Waals surface area (Å²) in [5.41, 5.74) is 9.86. The molecule has 6 aromatic heterocycles. The van der Waals surface area contributed by atoms with E-state index in [0.717, 1.165) is 56.2 Å². The summed E-state index contributed by atoms with van der Waals surface area (Å²) in [6.45, 7) is 0. The number of hydrogen-bond acceptors (Lipinski definition) is 8. The molecule has 7 heterocycles. The van der Waals surface area contributed by atoms with Crippen LogP contribution in [0.3, 0.4) is 0 Å². The molecule has 188 valence electrons. The van der Waals surface area contributed by atoms with Crippen molar-refractivity contribution in [3.63, 3.8) is 0 Å². The molecule has 0 spiro atoms. The molecule has 6 aromatic rings. The van der Waals surface area contributed by atoms with Crippen LogP contribution in [0, 0.1) is 0 Å². The number of aliphatic imine (C=N–C) groups is 2. The van der Waals surface area contributed by atoms with Crippen molar-refractivity contribution in [2.24, 2.45) is 9.98 Å². The Labute approximate surface area is 230 Å². The fraction of sp³-hybridized carbons (Fsp3) is 0. The average molecular weight is 517 g/mol. The summed E-state index contributed by atoms with van der Waals surface area (Å²) in [5, 5.41) is 0. The molecule has 0 atom stereocenters. The van der Waals surface area contributed by atoms with Gasteiger partial charge in [-0.1, -0.05) is 0 Å². The van der Waals surface area contributed by atoms with Crippen LogP contribution in [0.1, 0.15) is 22.3 Å². The highest BCUT2D eigenvalue weighted by Crippen LogP contribution is 2.32. The standard InChI is InChI=1S/C32H20N8/c1-3-21(15-33-11-1)27-7-5-23(17-37-27)31-25-9-13-35-19-29(25)40-32(26-10-14-36-20-30(26)39-31)24-6-8-28(38-18-24)22-4-2-12-34-16-22/h1-20H. The van der Waals surface area contributed by atoms with Crippen molar-refractivity contribution in [2.45, 2.75) is 0 Å². The highest BCUT2D eigenvalue weighted by Gasteiger charge is 2.21. The van der Waals surface area contributed by atoms with E-state index in [0.29, 0.717) is 11.4 Å². The third-order valence-corrected chi connectivity index (χ3v) is 6.56. The molecular formula is C32H20N8. The Morgan fingerprint density at radius 3 is 1.25 bits per heavy atom. The first-order valence-electron chi connectivity index (χ1n) is 12.6. The van der Waals surface area contributed by atoms with Gasteiger partial charge in [0.25, 0.3) is 0 Å². The van der Waals surface area contributed by atoms with E-state index in [-0.39, 0.29) is 0 Å². The zero-order chi connectivity index (χ0) is 26.7. The molecule has 40 heavy (non-hydrogen) atoms. The van der Waals surface area contributed by atoms with Gasteiger partial charge in [0.15, 0.2) is 0 Å². The minimum Gasteiger partial charge on any atom is -0.264 e. The van der Waals surface area contributed by atoms with E-state index in [1.807, 2.05) is 73.1 Å². The molecule has 0 N–H and O–H groups in total. The summed E-state index contributed by atoms with van der Waals surface area (Å²) in [6, 6.07) is 19.6. The van der Waals surface area contributed by atoms with E-state index in [1.54, 1.807) is 49.6 Å². The van der Waals surface area contributed by atoms with Crippen molar-refractivity contribution in [1.29, 1.82) is 0 Å². The lowest BCUT2D eigenvalue weighted by molar-refractivity contribution is 1.24. The molecule has 1 aliphatic heterocycles. The minimum atomic E-state index is 0.700. The second-order valence-corrected chi connectivity index (χ2v) is 9.05. The molecule has 0 saturated heterocycles. The van der Waals surface area contributed by atoms with Crippen LogP contribution in [0.25, 0.3) is 22.5 Å². The zero-order valence-electron chi connectivity index (χ0n) is 21.1. The number of aromatic nitrogens is 6. The van der Waals surface area contributed by atoms with Crippen molar-refractivity contribution in [3.8, 4) is 22.5 Å². The largest absolute Gasteiger partial charge is 0.264 e. The van der Waals surface area contributed by atoms with E-state index in [2.05, 4.69) is 19.9 Å². The Morgan fingerprint density at radius 2 is 0.850 bits per heavy atom. The van der Waals surface area contributed by atoms with Gasteiger partial charge in [0.05, 0.1) is 46.6 Å². The molecular weight excluding hydrogens is 496 g/mol. The Balaban J connectivity index is 1.34. The summed E-state index contributed by atoms with van der Waals surface area (Å²) in [4.78, 5) is 36.8. The highest BCUT2D eigenvalue weighted by molar-refractivity contribution is 6.22. The Hall–Kier alpha value is -5.76. The van der Waals surface area contributed by atoms with Crippen LogP contribution in [0.5, 0.6) is 0 Å². The second-order valence-electron chi connectivity index (χ2n) is 9.05. The third-order valence-electron chi connectivity index (χ3n) is 6.56. The molecule has 8 nitrogen and oxygen atoms in total. The van der Waals surface area contributed by atoms with Gasteiger partial charge in [-0.05, 0) is 60.7 Å².